The zero-order valence-electron chi connectivity index (χ0n) is 15.0. The van der Waals surface area contributed by atoms with Gasteiger partial charge in [0, 0.05) is 25.4 Å². The molecule has 0 spiro atoms. The molecule has 138 valence electrons. The third-order valence-electron chi connectivity index (χ3n) is 3.88. The summed E-state index contributed by atoms with van der Waals surface area (Å²) < 4.78 is 23.3. The van der Waals surface area contributed by atoms with E-state index in [0.717, 1.165) is 10.2 Å². The Hall–Kier alpha value is -2.32. The summed E-state index contributed by atoms with van der Waals surface area (Å²) in [6.07, 6.45) is 1.59. The fraction of sp³-hybridized carbons (Fsp3) is 0.389. The molecule has 0 atom stereocenters. The van der Waals surface area contributed by atoms with Crippen LogP contribution in [0.15, 0.2) is 35.5 Å². The minimum Gasteiger partial charge on any atom is -0.380 e. The Morgan fingerprint density at radius 3 is 2.92 bits per heavy atom. The van der Waals surface area contributed by atoms with Crippen molar-refractivity contribution in [2.24, 2.45) is 4.99 Å². The van der Waals surface area contributed by atoms with Gasteiger partial charge in [0.05, 0.1) is 16.8 Å². The summed E-state index contributed by atoms with van der Waals surface area (Å²) in [4.78, 5) is 17.5. The molecule has 2 aromatic heterocycles. The van der Waals surface area contributed by atoms with Gasteiger partial charge < -0.3 is 9.30 Å². The maximum atomic E-state index is 13.6. The van der Waals surface area contributed by atoms with E-state index < -0.39 is 0 Å². The number of rotatable bonds is 6. The molecule has 0 bridgehead atoms. The second-order valence-electron chi connectivity index (χ2n) is 6.02. The minimum absolute atomic E-state index is 0.0562. The molecule has 3 aromatic rings. The molecule has 26 heavy (non-hydrogen) atoms. The molecule has 6 nitrogen and oxygen atoms in total. The van der Waals surface area contributed by atoms with Crippen LogP contribution < -0.4 is 4.80 Å². The summed E-state index contributed by atoms with van der Waals surface area (Å²) in [7, 11) is 0. The highest BCUT2D eigenvalue weighted by atomic mass is 32.1. The van der Waals surface area contributed by atoms with Crippen LogP contribution >= 0.6 is 11.3 Å². The van der Waals surface area contributed by atoms with Crippen LogP contribution in [0.3, 0.4) is 0 Å². The quantitative estimate of drug-likeness (QED) is 0.620. The largest absolute Gasteiger partial charge is 0.380 e. The molecule has 0 saturated heterocycles. The van der Waals surface area contributed by atoms with E-state index in [1.807, 2.05) is 25.3 Å². The second kappa shape index (κ2) is 7.92. The van der Waals surface area contributed by atoms with E-state index in [2.05, 4.69) is 10.1 Å². The molecule has 0 aliphatic heterocycles. The van der Waals surface area contributed by atoms with Crippen molar-refractivity contribution in [3.05, 3.63) is 46.8 Å². The fourth-order valence-electron chi connectivity index (χ4n) is 2.69. The van der Waals surface area contributed by atoms with Gasteiger partial charge in [0.15, 0.2) is 4.80 Å². The number of carbonyl (C=O) groups is 1. The molecule has 0 fully saturated rings. The van der Waals surface area contributed by atoms with Gasteiger partial charge in [-0.05, 0) is 45.0 Å². The monoisotopic (exact) mass is 376 g/mol. The Morgan fingerprint density at radius 1 is 1.38 bits per heavy atom. The lowest BCUT2D eigenvalue weighted by molar-refractivity contribution is 0.0984. The van der Waals surface area contributed by atoms with E-state index in [9.17, 15) is 9.18 Å². The number of hydrogen-bond donors (Lipinski definition) is 0. The lowest BCUT2D eigenvalue weighted by atomic mass is 10.3. The van der Waals surface area contributed by atoms with Crippen LogP contribution in [0.5, 0.6) is 0 Å². The van der Waals surface area contributed by atoms with Gasteiger partial charge in [0.25, 0.3) is 5.91 Å². The van der Waals surface area contributed by atoms with E-state index in [0.29, 0.717) is 30.3 Å². The van der Waals surface area contributed by atoms with Gasteiger partial charge in [0.2, 0.25) is 0 Å². The molecule has 3 rings (SSSR count). The van der Waals surface area contributed by atoms with Crippen molar-refractivity contribution in [2.45, 2.75) is 33.4 Å². The normalized spacial score (nSPS) is 12.4. The number of benzene rings is 1. The topological polar surface area (TPSA) is 61.4 Å². The second-order valence-corrected chi connectivity index (χ2v) is 7.03. The summed E-state index contributed by atoms with van der Waals surface area (Å²) in [5, 5.41) is 4.18. The van der Waals surface area contributed by atoms with Crippen molar-refractivity contribution in [3.8, 4) is 0 Å². The third kappa shape index (κ3) is 3.76. The first-order valence-corrected chi connectivity index (χ1v) is 9.32. The predicted octanol–water partition coefficient (Wildman–Crippen LogP) is 3.40. The average molecular weight is 376 g/mol. The van der Waals surface area contributed by atoms with Gasteiger partial charge in [0.1, 0.15) is 11.5 Å². The fourth-order valence-corrected chi connectivity index (χ4v) is 3.77. The number of hydrogen-bond acceptors (Lipinski definition) is 4. The SMILES string of the molecule is CCOCCn1c(=NC(=O)c2ccnn2C(C)C)sc2cc(F)ccc21. The molecular formula is C18H21FN4O2S. The van der Waals surface area contributed by atoms with E-state index in [1.165, 1.54) is 23.5 Å². The number of carbonyl (C=O) groups excluding carboxylic acids is 1. The van der Waals surface area contributed by atoms with Gasteiger partial charge in [-0.15, -0.1) is 0 Å². The third-order valence-corrected chi connectivity index (χ3v) is 4.93. The number of ether oxygens (including phenoxy) is 1. The summed E-state index contributed by atoms with van der Waals surface area (Å²) in [5.41, 5.74) is 1.26. The van der Waals surface area contributed by atoms with Crippen molar-refractivity contribution < 1.29 is 13.9 Å². The van der Waals surface area contributed by atoms with Gasteiger partial charge in [-0.1, -0.05) is 11.3 Å². The molecule has 0 radical (unpaired) electrons. The van der Waals surface area contributed by atoms with Crippen LogP contribution in [0.25, 0.3) is 10.2 Å². The Balaban J connectivity index is 2.07. The smallest absolute Gasteiger partial charge is 0.297 e. The molecule has 0 saturated carbocycles. The standard InChI is InChI=1S/C18H21FN4O2S/c1-4-25-10-9-22-14-6-5-13(19)11-16(14)26-18(22)21-17(24)15-7-8-20-23(15)12(2)3/h5-8,11-12H,4,9-10H2,1-3H3. The highest BCUT2D eigenvalue weighted by Crippen LogP contribution is 2.19. The van der Waals surface area contributed by atoms with E-state index in [1.54, 1.807) is 23.0 Å². The number of nitrogens with zero attached hydrogens (tertiary/aromatic N) is 4. The van der Waals surface area contributed by atoms with Crippen molar-refractivity contribution >= 4 is 27.5 Å². The molecule has 0 aliphatic rings. The predicted molar refractivity (Wildman–Crippen MR) is 98.8 cm³/mol. The first kappa shape index (κ1) is 18.5. The molecule has 1 amide bonds. The Labute approximate surface area is 154 Å². The molecule has 0 N–H and O–H groups in total. The zero-order valence-corrected chi connectivity index (χ0v) is 15.8. The lowest BCUT2D eigenvalue weighted by Crippen LogP contribution is -2.21. The van der Waals surface area contributed by atoms with Gasteiger partial charge in [-0.2, -0.15) is 10.1 Å². The molecule has 0 unspecified atom stereocenters. The van der Waals surface area contributed by atoms with Crippen LogP contribution in [0, 0.1) is 5.82 Å². The molecular weight excluding hydrogens is 355 g/mol. The van der Waals surface area contributed by atoms with E-state index in [-0.39, 0.29) is 17.8 Å². The first-order chi connectivity index (χ1) is 12.5. The van der Waals surface area contributed by atoms with Crippen LogP contribution in [0.4, 0.5) is 4.39 Å². The van der Waals surface area contributed by atoms with Crippen LogP contribution in [-0.2, 0) is 11.3 Å². The zero-order chi connectivity index (χ0) is 18.7. The summed E-state index contributed by atoms with van der Waals surface area (Å²) in [6, 6.07) is 6.28. The average Bonchev–Trinajstić information content (AvgIpc) is 3.20. The van der Waals surface area contributed by atoms with Crippen molar-refractivity contribution in [1.82, 2.24) is 14.3 Å². The maximum absolute atomic E-state index is 13.6. The number of fused-ring (bicyclic) bond motifs is 1. The van der Waals surface area contributed by atoms with E-state index >= 15 is 0 Å². The summed E-state index contributed by atoms with van der Waals surface area (Å²) >= 11 is 1.29. The van der Waals surface area contributed by atoms with Crippen LogP contribution in [0.2, 0.25) is 0 Å². The summed E-state index contributed by atoms with van der Waals surface area (Å²) in [6.45, 7) is 7.46. The van der Waals surface area contributed by atoms with Gasteiger partial charge >= 0.3 is 0 Å². The highest BCUT2D eigenvalue weighted by Gasteiger charge is 2.15. The number of amides is 1. The van der Waals surface area contributed by atoms with Crippen molar-refractivity contribution in [3.63, 3.8) is 0 Å². The minimum atomic E-state index is -0.367. The number of aromatic nitrogens is 3. The maximum Gasteiger partial charge on any atom is 0.297 e. The van der Waals surface area contributed by atoms with Crippen LogP contribution in [-0.4, -0.2) is 33.5 Å². The van der Waals surface area contributed by atoms with Gasteiger partial charge in [-0.25, -0.2) is 4.39 Å². The van der Waals surface area contributed by atoms with Crippen LogP contribution in [0.1, 0.15) is 37.3 Å². The van der Waals surface area contributed by atoms with Gasteiger partial charge in [-0.3, -0.25) is 9.48 Å². The number of thiazole rings is 1. The Bertz CT molecular complexity index is 987. The Morgan fingerprint density at radius 2 is 2.19 bits per heavy atom. The molecule has 8 heteroatoms. The van der Waals surface area contributed by atoms with Crippen molar-refractivity contribution in [2.75, 3.05) is 13.2 Å². The first-order valence-electron chi connectivity index (χ1n) is 8.50. The molecule has 0 aliphatic carbocycles. The van der Waals surface area contributed by atoms with Crippen molar-refractivity contribution in [1.29, 1.82) is 0 Å². The van der Waals surface area contributed by atoms with E-state index in [4.69, 9.17) is 4.74 Å². The molecule has 2 heterocycles. The summed E-state index contributed by atoms with van der Waals surface area (Å²) in [5.74, 6) is -0.681. The Kier molecular flexibility index (Phi) is 5.63. The number of halogens is 1. The lowest BCUT2D eigenvalue weighted by Gasteiger charge is -2.08. The highest BCUT2D eigenvalue weighted by molar-refractivity contribution is 7.16. The molecule has 1 aromatic carbocycles.